The number of carbonyl (C=O) groups is 1. The maximum absolute atomic E-state index is 10.8. The van der Waals surface area contributed by atoms with Crippen LogP contribution in [-0.4, -0.2) is 23.0 Å². The normalized spacial score (nSPS) is 9.93. The van der Waals surface area contributed by atoms with Crippen molar-refractivity contribution in [2.45, 2.75) is 6.54 Å². The largest absolute Gasteiger partial charge is 0.477 e. The number of nitro benzene ring substituents is 1. The van der Waals surface area contributed by atoms with Crippen molar-refractivity contribution in [2.75, 3.05) is 7.05 Å². The highest BCUT2D eigenvalue weighted by Crippen LogP contribution is 2.19. The molecule has 0 bridgehead atoms. The molecule has 0 saturated heterocycles. The standard InChI is InChI=1S/C9H10N2O4/c1-10-5-6-2-3-8(11(14)15)7(4-6)9(12)13/h2-4,10H,5H2,1H3,(H,12,13). The van der Waals surface area contributed by atoms with Crippen LogP contribution in [0.1, 0.15) is 15.9 Å². The highest BCUT2D eigenvalue weighted by molar-refractivity contribution is 5.92. The minimum absolute atomic E-state index is 0.284. The van der Waals surface area contributed by atoms with Gasteiger partial charge in [0.05, 0.1) is 4.92 Å². The van der Waals surface area contributed by atoms with E-state index in [0.717, 1.165) is 0 Å². The van der Waals surface area contributed by atoms with E-state index in [9.17, 15) is 14.9 Å². The highest BCUT2D eigenvalue weighted by Gasteiger charge is 2.19. The monoisotopic (exact) mass is 210 g/mol. The molecule has 0 aromatic heterocycles. The summed E-state index contributed by atoms with van der Waals surface area (Å²) in [5.41, 5.74) is 0.0237. The summed E-state index contributed by atoms with van der Waals surface area (Å²) in [5.74, 6) is -1.29. The van der Waals surface area contributed by atoms with Crippen molar-refractivity contribution in [2.24, 2.45) is 0 Å². The van der Waals surface area contributed by atoms with Crippen LogP contribution in [0.5, 0.6) is 0 Å². The Balaban J connectivity index is 3.21. The molecule has 0 aliphatic carbocycles. The summed E-state index contributed by atoms with van der Waals surface area (Å²) in [6.45, 7) is 0.471. The number of nitrogens with one attached hydrogen (secondary N) is 1. The first-order valence-electron chi connectivity index (χ1n) is 4.21. The molecule has 0 atom stereocenters. The summed E-state index contributed by atoms with van der Waals surface area (Å²) in [6, 6.07) is 4.04. The van der Waals surface area contributed by atoms with E-state index in [4.69, 9.17) is 5.11 Å². The Hall–Kier alpha value is -1.95. The van der Waals surface area contributed by atoms with E-state index in [2.05, 4.69) is 5.32 Å². The third kappa shape index (κ3) is 2.50. The molecule has 0 unspecified atom stereocenters. The Morgan fingerprint density at radius 2 is 2.27 bits per heavy atom. The summed E-state index contributed by atoms with van der Waals surface area (Å²) < 4.78 is 0. The molecule has 0 radical (unpaired) electrons. The molecule has 0 amide bonds. The van der Waals surface area contributed by atoms with Crippen molar-refractivity contribution in [1.82, 2.24) is 5.32 Å². The molecule has 15 heavy (non-hydrogen) atoms. The molecule has 0 fully saturated rings. The van der Waals surface area contributed by atoms with Gasteiger partial charge >= 0.3 is 5.97 Å². The molecule has 0 heterocycles. The Bertz CT molecular complexity index is 403. The fraction of sp³-hybridized carbons (Fsp3) is 0.222. The lowest BCUT2D eigenvalue weighted by Gasteiger charge is -2.02. The van der Waals surface area contributed by atoms with Gasteiger partial charge in [-0.05, 0) is 18.7 Å². The van der Waals surface area contributed by atoms with Crippen LogP contribution in [-0.2, 0) is 6.54 Å². The van der Waals surface area contributed by atoms with Crippen LogP contribution in [0, 0.1) is 10.1 Å². The molecule has 1 aromatic rings. The number of benzene rings is 1. The lowest BCUT2D eigenvalue weighted by molar-refractivity contribution is -0.385. The van der Waals surface area contributed by atoms with Gasteiger partial charge in [-0.25, -0.2) is 4.79 Å². The summed E-state index contributed by atoms with van der Waals surface area (Å²) in [6.07, 6.45) is 0. The van der Waals surface area contributed by atoms with Crippen LogP contribution < -0.4 is 5.32 Å². The van der Waals surface area contributed by atoms with E-state index < -0.39 is 10.9 Å². The number of nitrogens with zero attached hydrogens (tertiary/aromatic N) is 1. The predicted octanol–water partition coefficient (Wildman–Crippen LogP) is 1.01. The number of carboxylic acids is 1. The number of carboxylic acid groups (broad SMARTS) is 1. The van der Waals surface area contributed by atoms with Gasteiger partial charge in [0.25, 0.3) is 5.69 Å². The third-order valence-electron chi connectivity index (χ3n) is 1.87. The van der Waals surface area contributed by atoms with Gasteiger partial charge in [-0.2, -0.15) is 0 Å². The Morgan fingerprint density at radius 3 is 2.73 bits per heavy atom. The zero-order valence-corrected chi connectivity index (χ0v) is 8.06. The SMILES string of the molecule is CNCc1ccc([N+](=O)[O-])c(C(=O)O)c1. The van der Waals surface area contributed by atoms with Gasteiger partial charge in [-0.1, -0.05) is 6.07 Å². The van der Waals surface area contributed by atoms with E-state index >= 15 is 0 Å². The molecule has 6 nitrogen and oxygen atoms in total. The van der Waals surface area contributed by atoms with E-state index in [1.54, 1.807) is 7.05 Å². The fourth-order valence-electron chi connectivity index (χ4n) is 1.23. The molecule has 0 spiro atoms. The Labute approximate surface area is 85.7 Å². The van der Waals surface area contributed by atoms with Crippen LogP contribution in [0.4, 0.5) is 5.69 Å². The van der Waals surface area contributed by atoms with Gasteiger partial charge < -0.3 is 10.4 Å². The molecule has 0 aliphatic heterocycles. The molecule has 2 N–H and O–H groups in total. The average molecular weight is 210 g/mol. The van der Waals surface area contributed by atoms with Crippen molar-refractivity contribution >= 4 is 11.7 Å². The fourth-order valence-corrected chi connectivity index (χ4v) is 1.23. The predicted molar refractivity (Wildman–Crippen MR) is 52.8 cm³/mol. The van der Waals surface area contributed by atoms with Gasteiger partial charge in [0.15, 0.2) is 0 Å². The van der Waals surface area contributed by atoms with Gasteiger partial charge in [0.1, 0.15) is 5.56 Å². The second-order valence-corrected chi connectivity index (χ2v) is 2.94. The Morgan fingerprint density at radius 1 is 1.60 bits per heavy atom. The average Bonchev–Trinajstić information content (AvgIpc) is 2.17. The van der Waals surface area contributed by atoms with Crippen LogP contribution in [0.2, 0.25) is 0 Å². The lowest BCUT2D eigenvalue weighted by Crippen LogP contribution is -2.08. The zero-order valence-electron chi connectivity index (χ0n) is 8.06. The zero-order chi connectivity index (χ0) is 11.4. The minimum atomic E-state index is -1.29. The lowest BCUT2D eigenvalue weighted by atomic mass is 10.1. The summed E-state index contributed by atoms with van der Waals surface area (Å²) in [7, 11) is 1.71. The topological polar surface area (TPSA) is 92.5 Å². The minimum Gasteiger partial charge on any atom is -0.477 e. The van der Waals surface area contributed by atoms with E-state index in [-0.39, 0.29) is 11.3 Å². The van der Waals surface area contributed by atoms with Gasteiger partial charge in [-0.3, -0.25) is 10.1 Å². The second kappa shape index (κ2) is 4.52. The van der Waals surface area contributed by atoms with E-state index in [0.29, 0.717) is 12.1 Å². The number of hydrogen-bond donors (Lipinski definition) is 2. The summed E-state index contributed by atoms with van der Waals surface area (Å²) >= 11 is 0. The first-order valence-corrected chi connectivity index (χ1v) is 4.21. The molecule has 1 rings (SSSR count). The second-order valence-electron chi connectivity index (χ2n) is 2.94. The third-order valence-corrected chi connectivity index (χ3v) is 1.87. The summed E-state index contributed by atoms with van der Waals surface area (Å²) in [5, 5.41) is 22.1. The number of hydrogen-bond acceptors (Lipinski definition) is 4. The van der Waals surface area contributed by atoms with E-state index in [1.807, 2.05) is 0 Å². The molecule has 0 saturated carbocycles. The number of aromatic carboxylic acids is 1. The first kappa shape index (κ1) is 11.1. The molecular formula is C9H10N2O4. The van der Waals surface area contributed by atoms with Crippen molar-refractivity contribution in [3.8, 4) is 0 Å². The van der Waals surface area contributed by atoms with Crippen LogP contribution in [0.3, 0.4) is 0 Å². The maximum atomic E-state index is 10.8. The molecule has 80 valence electrons. The molecule has 1 aromatic carbocycles. The maximum Gasteiger partial charge on any atom is 0.342 e. The Kier molecular flexibility index (Phi) is 3.35. The molecular weight excluding hydrogens is 200 g/mol. The van der Waals surface area contributed by atoms with Crippen molar-refractivity contribution in [1.29, 1.82) is 0 Å². The van der Waals surface area contributed by atoms with Crippen molar-refractivity contribution < 1.29 is 14.8 Å². The quantitative estimate of drug-likeness (QED) is 0.571. The van der Waals surface area contributed by atoms with Gasteiger partial charge in [-0.15, -0.1) is 0 Å². The smallest absolute Gasteiger partial charge is 0.342 e. The highest BCUT2D eigenvalue weighted by atomic mass is 16.6. The van der Waals surface area contributed by atoms with Crippen molar-refractivity contribution in [3.63, 3.8) is 0 Å². The van der Waals surface area contributed by atoms with Crippen LogP contribution in [0.15, 0.2) is 18.2 Å². The van der Waals surface area contributed by atoms with Crippen molar-refractivity contribution in [3.05, 3.63) is 39.4 Å². The van der Waals surface area contributed by atoms with Gasteiger partial charge in [0, 0.05) is 12.6 Å². The number of rotatable bonds is 4. The molecule has 6 heteroatoms. The van der Waals surface area contributed by atoms with E-state index in [1.165, 1.54) is 18.2 Å². The van der Waals surface area contributed by atoms with Crippen LogP contribution in [0.25, 0.3) is 0 Å². The van der Waals surface area contributed by atoms with Crippen LogP contribution >= 0.6 is 0 Å². The number of nitro groups is 1. The first-order chi connectivity index (χ1) is 7.06. The summed E-state index contributed by atoms with van der Waals surface area (Å²) in [4.78, 5) is 20.6. The van der Waals surface area contributed by atoms with Gasteiger partial charge in [0.2, 0.25) is 0 Å². The molecule has 0 aliphatic rings.